The lowest BCUT2D eigenvalue weighted by atomic mass is 10.2. The summed E-state index contributed by atoms with van der Waals surface area (Å²) in [6.07, 6.45) is -0.869. The zero-order valence-electron chi connectivity index (χ0n) is 23.1. The van der Waals surface area contributed by atoms with Crippen molar-refractivity contribution in [3.05, 3.63) is 0 Å². The maximum Gasteiger partial charge on any atom is 0.410 e. The third kappa shape index (κ3) is 15.9. The summed E-state index contributed by atoms with van der Waals surface area (Å²) in [5, 5.41) is 3.32. The Hall–Kier alpha value is -1.59. The molecule has 0 aromatic rings. The molecule has 0 radical (unpaired) electrons. The average molecular weight is 568 g/mol. The van der Waals surface area contributed by atoms with Crippen molar-refractivity contribution >= 4 is 35.1 Å². The average Bonchev–Trinajstić information content (AvgIpc) is 2.59. The molecule has 0 bridgehead atoms. The van der Waals surface area contributed by atoms with Gasteiger partial charge in [0, 0.05) is 52.4 Å². The largest absolute Gasteiger partial charge is 0.459 e. The summed E-state index contributed by atoms with van der Waals surface area (Å²) in [6.45, 7) is 20.2. The number of nitrogens with zero attached hydrogens (tertiary/aromatic N) is 3. The first-order valence-electron chi connectivity index (χ1n) is 12.1. The molecule has 1 rings (SSSR count). The van der Waals surface area contributed by atoms with Crippen molar-refractivity contribution in [1.82, 2.24) is 20.0 Å². The summed E-state index contributed by atoms with van der Waals surface area (Å²) in [5.74, 6) is -0.306. The van der Waals surface area contributed by atoms with Crippen molar-refractivity contribution in [2.75, 3.05) is 58.9 Å². The molecule has 2 amide bonds. The predicted octanol–water partition coefficient (Wildman–Crippen LogP) is 3.29. The van der Waals surface area contributed by atoms with Gasteiger partial charge in [-0.1, -0.05) is 0 Å². The van der Waals surface area contributed by atoms with Gasteiger partial charge in [0.15, 0.2) is 0 Å². The van der Waals surface area contributed by atoms with Gasteiger partial charge in [0.25, 0.3) is 0 Å². The van der Waals surface area contributed by atoms with Crippen molar-refractivity contribution in [1.29, 1.82) is 0 Å². The van der Waals surface area contributed by atoms with E-state index in [0.717, 1.165) is 0 Å². The standard InChI is InChI=1S/C24H46N4O6.BrH/c1-22(2,3)32-19(29)18-26-12-10-25-11-13-27(20(30)33-23(4,5)6)16-17-28(15-14-26)21(31)34-24(7,8)9;/h25H,10-18H2,1-9H3;1H. The molecule has 0 aromatic heterocycles. The fourth-order valence-electron chi connectivity index (χ4n) is 3.15. The molecule has 0 aliphatic carbocycles. The molecule has 1 heterocycles. The first-order valence-corrected chi connectivity index (χ1v) is 12.1. The van der Waals surface area contributed by atoms with Gasteiger partial charge in [-0.2, -0.15) is 0 Å². The van der Waals surface area contributed by atoms with Crippen LogP contribution in [0.2, 0.25) is 0 Å². The summed E-state index contributed by atoms with van der Waals surface area (Å²) in [7, 11) is 0. The number of nitrogens with one attached hydrogen (secondary N) is 1. The van der Waals surface area contributed by atoms with Crippen LogP contribution in [0.4, 0.5) is 9.59 Å². The van der Waals surface area contributed by atoms with Crippen LogP contribution in [0.15, 0.2) is 0 Å². The van der Waals surface area contributed by atoms with Crippen molar-refractivity contribution in [3.63, 3.8) is 0 Å². The molecule has 1 aliphatic rings. The molecular formula is C24H47BrN4O6. The molecule has 0 unspecified atom stereocenters. The summed E-state index contributed by atoms with van der Waals surface area (Å²) in [4.78, 5) is 43.1. The Labute approximate surface area is 221 Å². The van der Waals surface area contributed by atoms with E-state index < -0.39 is 29.0 Å². The Bertz CT molecular complexity index is 685. The molecule has 1 fully saturated rings. The molecule has 0 saturated carbocycles. The van der Waals surface area contributed by atoms with Gasteiger partial charge < -0.3 is 29.3 Å². The van der Waals surface area contributed by atoms with Crippen LogP contribution >= 0.6 is 17.0 Å². The predicted molar refractivity (Wildman–Crippen MR) is 141 cm³/mol. The van der Waals surface area contributed by atoms with Gasteiger partial charge in [0.1, 0.15) is 16.8 Å². The molecule has 0 spiro atoms. The van der Waals surface area contributed by atoms with Crippen molar-refractivity contribution in [3.8, 4) is 0 Å². The van der Waals surface area contributed by atoms with Gasteiger partial charge in [-0.25, -0.2) is 9.59 Å². The Kier molecular flexibility index (Phi) is 13.6. The van der Waals surface area contributed by atoms with Gasteiger partial charge >= 0.3 is 18.2 Å². The summed E-state index contributed by atoms with van der Waals surface area (Å²) in [6, 6.07) is 0. The van der Waals surface area contributed by atoms with Crippen LogP contribution in [0.3, 0.4) is 0 Å². The van der Waals surface area contributed by atoms with Crippen LogP contribution in [0.1, 0.15) is 62.3 Å². The van der Waals surface area contributed by atoms with E-state index in [-0.39, 0.29) is 36.0 Å². The van der Waals surface area contributed by atoms with E-state index in [4.69, 9.17) is 14.2 Å². The van der Waals surface area contributed by atoms with E-state index in [1.807, 2.05) is 67.2 Å². The Morgan fingerprint density at radius 2 is 1.03 bits per heavy atom. The van der Waals surface area contributed by atoms with Gasteiger partial charge in [0.05, 0.1) is 6.54 Å². The van der Waals surface area contributed by atoms with Crippen LogP contribution in [0.25, 0.3) is 0 Å². The zero-order valence-corrected chi connectivity index (χ0v) is 24.8. The highest BCUT2D eigenvalue weighted by molar-refractivity contribution is 8.93. The first-order chi connectivity index (χ1) is 15.5. The number of hydrogen-bond donors (Lipinski definition) is 1. The lowest BCUT2D eigenvalue weighted by Crippen LogP contribution is -2.50. The van der Waals surface area contributed by atoms with Gasteiger partial charge in [-0.05, 0) is 62.3 Å². The quantitative estimate of drug-likeness (QED) is 0.401. The van der Waals surface area contributed by atoms with E-state index in [1.165, 1.54) is 0 Å². The van der Waals surface area contributed by atoms with Crippen LogP contribution in [-0.2, 0) is 19.0 Å². The highest BCUT2D eigenvalue weighted by atomic mass is 79.9. The molecule has 35 heavy (non-hydrogen) atoms. The maximum atomic E-state index is 12.9. The van der Waals surface area contributed by atoms with Crippen LogP contribution in [0.5, 0.6) is 0 Å². The number of carbonyl (C=O) groups excluding carboxylic acids is 3. The van der Waals surface area contributed by atoms with E-state index in [9.17, 15) is 14.4 Å². The smallest absolute Gasteiger partial charge is 0.410 e. The van der Waals surface area contributed by atoms with Crippen molar-refractivity contribution < 1.29 is 28.6 Å². The Morgan fingerprint density at radius 1 is 0.629 bits per heavy atom. The minimum Gasteiger partial charge on any atom is -0.459 e. The van der Waals surface area contributed by atoms with E-state index >= 15 is 0 Å². The molecule has 206 valence electrons. The lowest BCUT2D eigenvalue weighted by Gasteiger charge is -2.33. The van der Waals surface area contributed by atoms with Crippen LogP contribution < -0.4 is 5.32 Å². The topological polar surface area (TPSA) is 101 Å². The molecular weight excluding hydrogens is 520 g/mol. The normalized spacial score (nSPS) is 17.4. The molecule has 11 heteroatoms. The van der Waals surface area contributed by atoms with E-state index in [1.54, 1.807) is 9.80 Å². The highest BCUT2D eigenvalue weighted by Crippen LogP contribution is 2.13. The number of halogens is 1. The number of hydrogen-bond acceptors (Lipinski definition) is 8. The number of ether oxygens (including phenoxy) is 3. The number of rotatable bonds is 2. The minimum absolute atomic E-state index is 0. The van der Waals surface area contributed by atoms with Gasteiger partial charge in [-0.3, -0.25) is 9.69 Å². The second-order valence-electron chi connectivity index (χ2n) is 11.5. The van der Waals surface area contributed by atoms with E-state index in [0.29, 0.717) is 45.8 Å². The molecule has 10 nitrogen and oxygen atoms in total. The monoisotopic (exact) mass is 566 g/mol. The summed E-state index contributed by atoms with van der Waals surface area (Å²) < 4.78 is 16.6. The minimum atomic E-state index is -0.647. The van der Waals surface area contributed by atoms with Crippen LogP contribution in [-0.4, -0.2) is 109 Å². The Balaban J connectivity index is 0.0000116. The summed E-state index contributed by atoms with van der Waals surface area (Å²) in [5.41, 5.74) is -1.82. The van der Waals surface area contributed by atoms with Gasteiger partial charge in [-0.15, -0.1) is 17.0 Å². The highest BCUT2D eigenvalue weighted by Gasteiger charge is 2.27. The summed E-state index contributed by atoms with van der Waals surface area (Å²) >= 11 is 0. The number of carbonyl (C=O) groups is 3. The van der Waals surface area contributed by atoms with Crippen molar-refractivity contribution in [2.45, 2.75) is 79.1 Å². The van der Waals surface area contributed by atoms with Crippen molar-refractivity contribution in [2.24, 2.45) is 0 Å². The second-order valence-corrected chi connectivity index (χ2v) is 11.5. The molecule has 0 atom stereocenters. The third-order valence-electron chi connectivity index (χ3n) is 4.57. The SMILES string of the molecule is Br.CC(C)(C)OC(=O)CN1CCNCCN(C(=O)OC(C)(C)C)CCN(C(=O)OC(C)(C)C)CC1. The fourth-order valence-corrected chi connectivity index (χ4v) is 3.15. The third-order valence-corrected chi connectivity index (χ3v) is 4.57. The molecule has 1 aliphatic heterocycles. The Morgan fingerprint density at radius 3 is 1.49 bits per heavy atom. The maximum absolute atomic E-state index is 12.9. The van der Waals surface area contributed by atoms with Gasteiger partial charge in [0.2, 0.25) is 0 Å². The number of amides is 2. The lowest BCUT2D eigenvalue weighted by molar-refractivity contribution is -0.156. The molecule has 0 aromatic carbocycles. The zero-order chi connectivity index (χ0) is 26.2. The van der Waals surface area contributed by atoms with E-state index in [2.05, 4.69) is 5.32 Å². The second kappa shape index (κ2) is 14.2. The first kappa shape index (κ1) is 33.4. The molecule has 1 N–H and O–H groups in total. The fraction of sp³-hybridized carbons (Fsp3) is 0.875. The molecule has 1 saturated heterocycles. The van der Waals surface area contributed by atoms with Crippen LogP contribution in [0, 0.1) is 0 Å². The number of esters is 1.